The fourth-order valence-electron chi connectivity index (χ4n) is 2.28. The van der Waals surface area contributed by atoms with Crippen molar-refractivity contribution in [1.29, 1.82) is 0 Å². The predicted octanol–water partition coefficient (Wildman–Crippen LogP) is 3.88. The first-order chi connectivity index (χ1) is 11.3. The topological polar surface area (TPSA) is 58.0 Å². The van der Waals surface area contributed by atoms with Crippen molar-refractivity contribution in [1.82, 2.24) is 9.97 Å². The summed E-state index contributed by atoms with van der Waals surface area (Å²) >= 11 is 5.94. The molecule has 4 nitrogen and oxygen atoms in total. The quantitative estimate of drug-likeness (QED) is 0.750. The average Bonchev–Trinajstić information content (AvgIpc) is 2.54. The van der Waals surface area contributed by atoms with Crippen LogP contribution < -0.4 is 5.32 Å². The summed E-state index contributed by atoms with van der Waals surface area (Å²) in [6, 6.07) is 8.88. The number of anilines is 1. The molecule has 1 heterocycles. The van der Waals surface area contributed by atoms with E-state index in [2.05, 4.69) is 15.3 Å². The minimum Gasteiger partial charge on any atom is -0.384 e. The number of rotatable bonds is 4. The normalized spacial score (nSPS) is 13.7. The molecule has 1 atom stereocenters. The van der Waals surface area contributed by atoms with Crippen LogP contribution in [0.4, 0.5) is 14.6 Å². The molecule has 124 valence electrons. The summed E-state index contributed by atoms with van der Waals surface area (Å²) in [6.07, 6.45) is 1.40. The van der Waals surface area contributed by atoms with Gasteiger partial charge in [0, 0.05) is 23.7 Å². The molecule has 0 radical (unpaired) electrons. The second-order valence-corrected chi connectivity index (χ2v) is 6.08. The van der Waals surface area contributed by atoms with E-state index in [1.165, 1.54) is 6.20 Å². The zero-order valence-electron chi connectivity index (χ0n) is 12.7. The largest absolute Gasteiger partial charge is 0.384 e. The molecule has 7 heteroatoms. The van der Waals surface area contributed by atoms with Gasteiger partial charge in [-0.3, -0.25) is 4.98 Å². The molecule has 0 aliphatic heterocycles. The number of hydrogen-bond donors (Lipinski definition) is 2. The van der Waals surface area contributed by atoms with E-state index in [0.717, 1.165) is 12.1 Å². The highest BCUT2D eigenvalue weighted by atomic mass is 35.5. The van der Waals surface area contributed by atoms with E-state index in [9.17, 15) is 13.9 Å². The summed E-state index contributed by atoms with van der Waals surface area (Å²) in [4.78, 5) is 8.21. The van der Waals surface area contributed by atoms with Crippen LogP contribution in [0, 0.1) is 11.6 Å². The Kier molecular flexibility index (Phi) is 4.34. The van der Waals surface area contributed by atoms with Crippen LogP contribution in [0.25, 0.3) is 11.0 Å². The van der Waals surface area contributed by atoms with Gasteiger partial charge in [-0.15, -0.1) is 0 Å². The smallest absolute Gasteiger partial charge is 0.161 e. The van der Waals surface area contributed by atoms with E-state index in [1.54, 1.807) is 31.2 Å². The molecule has 1 aromatic heterocycles. The van der Waals surface area contributed by atoms with Crippen molar-refractivity contribution in [3.8, 4) is 0 Å². The standard InChI is InChI=1S/C17H14ClF2N3O/c1-17(24,10-3-2-4-11(18)5-10)9-22-16-8-21-14-6-12(19)13(20)7-15(14)23-16/h2-8,24H,9H2,1H3,(H,22,23). The minimum atomic E-state index is -1.20. The molecule has 0 saturated carbocycles. The van der Waals surface area contributed by atoms with Crippen molar-refractivity contribution in [2.75, 3.05) is 11.9 Å². The van der Waals surface area contributed by atoms with Gasteiger partial charge < -0.3 is 10.4 Å². The Hall–Kier alpha value is -2.31. The average molecular weight is 350 g/mol. The van der Waals surface area contributed by atoms with Gasteiger partial charge in [0.25, 0.3) is 0 Å². The highest BCUT2D eigenvalue weighted by Gasteiger charge is 2.23. The molecule has 0 spiro atoms. The molecule has 3 rings (SSSR count). The van der Waals surface area contributed by atoms with Crippen molar-refractivity contribution in [3.63, 3.8) is 0 Å². The van der Waals surface area contributed by atoms with Gasteiger partial charge in [-0.25, -0.2) is 13.8 Å². The summed E-state index contributed by atoms with van der Waals surface area (Å²) in [5.74, 6) is -1.61. The second-order valence-electron chi connectivity index (χ2n) is 5.65. The van der Waals surface area contributed by atoms with Crippen LogP contribution in [0.3, 0.4) is 0 Å². The van der Waals surface area contributed by atoms with Crippen LogP contribution in [-0.4, -0.2) is 21.6 Å². The molecule has 0 saturated heterocycles. The van der Waals surface area contributed by atoms with Gasteiger partial charge in [0.15, 0.2) is 11.6 Å². The Morgan fingerprint density at radius 1 is 1.17 bits per heavy atom. The van der Waals surface area contributed by atoms with Crippen LogP contribution in [-0.2, 0) is 5.60 Å². The Labute approximate surface area is 142 Å². The van der Waals surface area contributed by atoms with Crippen molar-refractivity contribution in [3.05, 3.63) is 64.8 Å². The van der Waals surface area contributed by atoms with Crippen molar-refractivity contribution in [2.24, 2.45) is 0 Å². The number of aliphatic hydroxyl groups is 1. The van der Waals surface area contributed by atoms with Crippen LogP contribution in [0.1, 0.15) is 12.5 Å². The van der Waals surface area contributed by atoms with Gasteiger partial charge >= 0.3 is 0 Å². The molecule has 2 aromatic carbocycles. The van der Waals surface area contributed by atoms with E-state index in [4.69, 9.17) is 11.6 Å². The van der Waals surface area contributed by atoms with E-state index in [1.807, 2.05) is 0 Å². The first-order valence-electron chi connectivity index (χ1n) is 7.19. The molecular weight excluding hydrogens is 336 g/mol. The first kappa shape index (κ1) is 16.5. The third-order valence-electron chi connectivity index (χ3n) is 3.64. The van der Waals surface area contributed by atoms with Gasteiger partial charge in [0.2, 0.25) is 0 Å². The molecular formula is C17H14ClF2N3O. The maximum Gasteiger partial charge on any atom is 0.161 e. The fourth-order valence-corrected chi connectivity index (χ4v) is 2.47. The molecule has 3 aromatic rings. The second kappa shape index (κ2) is 6.30. The SMILES string of the molecule is CC(O)(CNc1cnc2cc(F)c(F)cc2n1)c1cccc(Cl)c1. The van der Waals surface area contributed by atoms with E-state index < -0.39 is 17.2 Å². The number of hydrogen-bond acceptors (Lipinski definition) is 4. The van der Waals surface area contributed by atoms with E-state index >= 15 is 0 Å². The van der Waals surface area contributed by atoms with Gasteiger partial charge in [-0.05, 0) is 24.6 Å². The maximum absolute atomic E-state index is 13.3. The summed E-state index contributed by atoms with van der Waals surface area (Å²) in [6.45, 7) is 1.77. The molecule has 0 aliphatic carbocycles. The zero-order valence-corrected chi connectivity index (χ0v) is 13.5. The Morgan fingerprint density at radius 2 is 1.88 bits per heavy atom. The molecule has 2 N–H and O–H groups in total. The number of benzene rings is 2. The molecule has 0 aliphatic rings. The van der Waals surface area contributed by atoms with Gasteiger partial charge in [0.1, 0.15) is 11.4 Å². The van der Waals surface area contributed by atoms with Crippen LogP contribution in [0.15, 0.2) is 42.6 Å². The van der Waals surface area contributed by atoms with Crippen molar-refractivity contribution < 1.29 is 13.9 Å². The molecule has 0 bridgehead atoms. The lowest BCUT2D eigenvalue weighted by atomic mass is 9.96. The molecule has 1 unspecified atom stereocenters. The number of fused-ring (bicyclic) bond motifs is 1. The first-order valence-corrected chi connectivity index (χ1v) is 7.57. The van der Waals surface area contributed by atoms with E-state index in [-0.39, 0.29) is 17.6 Å². The highest BCUT2D eigenvalue weighted by Crippen LogP contribution is 2.24. The summed E-state index contributed by atoms with van der Waals surface area (Å²) in [5, 5.41) is 14.1. The van der Waals surface area contributed by atoms with Crippen molar-refractivity contribution in [2.45, 2.75) is 12.5 Å². The number of halogens is 3. The Bertz CT molecular complexity index is 902. The molecule has 0 fully saturated rings. The lowest BCUT2D eigenvalue weighted by Gasteiger charge is -2.24. The van der Waals surface area contributed by atoms with Crippen molar-refractivity contribution >= 4 is 28.5 Å². The minimum absolute atomic E-state index is 0.136. The summed E-state index contributed by atoms with van der Waals surface area (Å²) < 4.78 is 26.5. The highest BCUT2D eigenvalue weighted by molar-refractivity contribution is 6.30. The monoisotopic (exact) mass is 349 g/mol. The lowest BCUT2D eigenvalue weighted by Crippen LogP contribution is -2.31. The van der Waals surface area contributed by atoms with E-state index in [0.29, 0.717) is 16.4 Å². The summed E-state index contributed by atoms with van der Waals surface area (Å²) in [7, 11) is 0. The number of aromatic nitrogens is 2. The van der Waals surface area contributed by atoms with Crippen LogP contribution in [0.5, 0.6) is 0 Å². The van der Waals surface area contributed by atoms with Gasteiger partial charge in [0.05, 0.1) is 17.2 Å². The van der Waals surface area contributed by atoms with Crippen LogP contribution in [0.2, 0.25) is 5.02 Å². The summed E-state index contributed by atoms with van der Waals surface area (Å²) in [5.41, 5.74) is -0.0815. The Balaban J connectivity index is 1.81. The van der Waals surface area contributed by atoms with Gasteiger partial charge in [-0.1, -0.05) is 23.7 Å². The fraction of sp³-hybridized carbons (Fsp3) is 0.176. The van der Waals surface area contributed by atoms with Crippen LogP contribution >= 0.6 is 11.6 Å². The predicted molar refractivity (Wildman–Crippen MR) is 89.0 cm³/mol. The third-order valence-corrected chi connectivity index (χ3v) is 3.88. The Morgan fingerprint density at radius 3 is 2.58 bits per heavy atom. The lowest BCUT2D eigenvalue weighted by molar-refractivity contribution is 0.0714. The maximum atomic E-state index is 13.3. The number of nitrogens with one attached hydrogen (secondary N) is 1. The molecule has 0 amide bonds. The van der Waals surface area contributed by atoms with Gasteiger partial charge in [-0.2, -0.15) is 0 Å². The third kappa shape index (κ3) is 3.44. The zero-order chi connectivity index (χ0) is 17.3. The number of nitrogens with zero attached hydrogens (tertiary/aromatic N) is 2. The molecule has 24 heavy (non-hydrogen) atoms.